The van der Waals surface area contributed by atoms with Gasteiger partial charge in [-0.3, -0.25) is 9.59 Å². The van der Waals surface area contributed by atoms with Gasteiger partial charge in [-0.05, 0) is 29.8 Å². The van der Waals surface area contributed by atoms with Gasteiger partial charge in [0.15, 0.2) is 0 Å². The van der Waals surface area contributed by atoms with E-state index in [1.165, 1.54) is 0 Å². The highest BCUT2D eigenvalue weighted by molar-refractivity contribution is 6.33. The topological polar surface area (TPSA) is 83.6 Å². The number of fused-ring (bicyclic) bond motifs is 1. The van der Waals surface area contributed by atoms with E-state index in [1.807, 2.05) is 59.1 Å². The van der Waals surface area contributed by atoms with Crippen molar-refractivity contribution in [3.05, 3.63) is 112 Å². The van der Waals surface area contributed by atoms with Gasteiger partial charge in [-0.2, -0.15) is 5.26 Å². The molecule has 2 heterocycles. The molecule has 164 valence electrons. The number of hydrogen-bond donors (Lipinski definition) is 1. The van der Waals surface area contributed by atoms with Crippen molar-refractivity contribution < 1.29 is 14.3 Å². The first kappa shape index (κ1) is 22.1. The van der Waals surface area contributed by atoms with Gasteiger partial charge in [0, 0.05) is 18.0 Å². The lowest BCUT2D eigenvalue weighted by molar-refractivity contribution is -0.145. The summed E-state index contributed by atoms with van der Waals surface area (Å²) in [7, 11) is 0. The van der Waals surface area contributed by atoms with Gasteiger partial charge < -0.3 is 14.5 Å². The van der Waals surface area contributed by atoms with E-state index in [2.05, 4.69) is 11.4 Å². The van der Waals surface area contributed by atoms with Gasteiger partial charge in [-0.15, -0.1) is 0 Å². The van der Waals surface area contributed by atoms with Gasteiger partial charge >= 0.3 is 5.97 Å². The molecule has 0 radical (unpaired) electrons. The average molecular weight is 458 g/mol. The Morgan fingerprint density at radius 3 is 2.52 bits per heavy atom. The van der Waals surface area contributed by atoms with E-state index in [9.17, 15) is 14.9 Å². The van der Waals surface area contributed by atoms with Crippen LogP contribution in [0.15, 0.2) is 85.2 Å². The SMILES string of the molecule is N#Cc1c(COC(=O)C[C@H](NC(=O)c2ccccc2Cl)c2ccccc2)cn2ccccc12. The number of hydrogen-bond acceptors (Lipinski definition) is 4. The zero-order valence-electron chi connectivity index (χ0n) is 17.6. The van der Waals surface area contributed by atoms with Gasteiger partial charge in [0.2, 0.25) is 0 Å². The van der Waals surface area contributed by atoms with Crippen molar-refractivity contribution in [2.75, 3.05) is 0 Å². The minimum atomic E-state index is -0.606. The van der Waals surface area contributed by atoms with Gasteiger partial charge in [-0.1, -0.05) is 60.1 Å². The van der Waals surface area contributed by atoms with Crippen molar-refractivity contribution in [3.63, 3.8) is 0 Å². The van der Waals surface area contributed by atoms with E-state index < -0.39 is 12.0 Å². The lowest BCUT2D eigenvalue weighted by Crippen LogP contribution is -2.30. The Morgan fingerprint density at radius 2 is 1.76 bits per heavy atom. The summed E-state index contributed by atoms with van der Waals surface area (Å²) in [6.07, 6.45) is 3.53. The highest BCUT2D eigenvalue weighted by Crippen LogP contribution is 2.22. The minimum Gasteiger partial charge on any atom is -0.461 e. The van der Waals surface area contributed by atoms with Crippen LogP contribution in [0.1, 0.15) is 39.5 Å². The summed E-state index contributed by atoms with van der Waals surface area (Å²) in [6.45, 7) is -0.0383. The minimum absolute atomic E-state index is 0.0383. The summed E-state index contributed by atoms with van der Waals surface area (Å²) in [4.78, 5) is 25.5. The van der Waals surface area contributed by atoms with Crippen molar-refractivity contribution >= 4 is 29.0 Å². The first-order valence-corrected chi connectivity index (χ1v) is 10.7. The molecular weight excluding hydrogens is 438 g/mol. The van der Waals surface area contributed by atoms with Crippen molar-refractivity contribution in [2.24, 2.45) is 0 Å². The normalized spacial score (nSPS) is 11.5. The zero-order valence-corrected chi connectivity index (χ0v) is 18.3. The molecule has 0 aliphatic heterocycles. The molecule has 7 heteroatoms. The van der Waals surface area contributed by atoms with Crippen molar-refractivity contribution in [1.82, 2.24) is 9.72 Å². The number of nitrogens with zero attached hydrogens (tertiary/aromatic N) is 2. The predicted octanol–water partition coefficient (Wildman–Crippen LogP) is 5.07. The number of ether oxygens (including phenoxy) is 1. The molecule has 6 nitrogen and oxygen atoms in total. The fraction of sp³-hybridized carbons (Fsp3) is 0.115. The maximum atomic E-state index is 12.8. The molecule has 0 spiro atoms. The van der Waals surface area contributed by atoms with Gasteiger partial charge in [0.1, 0.15) is 12.7 Å². The Morgan fingerprint density at radius 1 is 1.03 bits per heavy atom. The Balaban J connectivity index is 1.49. The molecule has 4 rings (SSSR count). The van der Waals surface area contributed by atoms with E-state index in [4.69, 9.17) is 16.3 Å². The fourth-order valence-corrected chi connectivity index (χ4v) is 3.84. The molecule has 0 aliphatic rings. The number of nitrogens with one attached hydrogen (secondary N) is 1. The van der Waals surface area contributed by atoms with Crippen LogP contribution in [-0.2, 0) is 16.1 Å². The van der Waals surface area contributed by atoms with Gasteiger partial charge in [0.25, 0.3) is 5.91 Å². The van der Waals surface area contributed by atoms with Crippen LogP contribution in [0.25, 0.3) is 5.52 Å². The molecule has 0 bridgehead atoms. The smallest absolute Gasteiger partial charge is 0.308 e. The molecule has 1 atom stereocenters. The number of esters is 1. The molecule has 0 fully saturated rings. The largest absolute Gasteiger partial charge is 0.461 e. The lowest BCUT2D eigenvalue weighted by atomic mass is 10.0. The third-order valence-electron chi connectivity index (χ3n) is 5.26. The predicted molar refractivity (Wildman–Crippen MR) is 125 cm³/mol. The second-order valence-corrected chi connectivity index (χ2v) is 7.82. The number of pyridine rings is 1. The molecule has 4 aromatic rings. The number of nitriles is 1. The summed E-state index contributed by atoms with van der Waals surface area (Å²) in [5, 5.41) is 12.7. The number of benzene rings is 2. The zero-order chi connectivity index (χ0) is 23.2. The summed E-state index contributed by atoms with van der Waals surface area (Å²) in [5.41, 5.74) is 2.93. The molecule has 0 aliphatic carbocycles. The quantitative estimate of drug-likeness (QED) is 0.393. The summed E-state index contributed by atoms with van der Waals surface area (Å²) < 4.78 is 7.30. The molecule has 0 saturated heterocycles. The van der Waals surface area contributed by atoms with Crippen LogP contribution in [-0.4, -0.2) is 16.3 Å². The molecule has 1 N–H and O–H groups in total. The standard InChI is InChI=1S/C26H20ClN3O3/c27-22-11-5-4-10-20(22)26(32)29-23(18-8-2-1-3-9-18)14-25(31)33-17-19-16-30-13-7-6-12-24(30)21(19)15-28/h1-13,16,23H,14,17H2,(H,29,32)/t23-/m0/s1. The number of carbonyl (C=O) groups excluding carboxylic acids is 2. The number of carbonyl (C=O) groups is 2. The van der Waals surface area contributed by atoms with Gasteiger partial charge in [0.05, 0.1) is 34.1 Å². The van der Waals surface area contributed by atoms with Crippen LogP contribution >= 0.6 is 11.6 Å². The van der Waals surface area contributed by atoms with Crippen LogP contribution in [0.3, 0.4) is 0 Å². The average Bonchev–Trinajstić information content (AvgIpc) is 3.20. The maximum Gasteiger partial charge on any atom is 0.308 e. The number of aromatic nitrogens is 1. The summed E-state index contributed by atoms with van der Waals surface area (Å²) >= 11 is 6.15. The molecular formula is C26H20ClN3O3. The maximum absolute atomic E-state index is 12.8. The van der Waals surface area contributed by atoms with Crippen LogP contribution in [0, 0.1) is 11.3 Å². The second-order valence-electron chi connectivity index (χ2n) is 7.42. The summed E-state index contributed by atoms with van der Waals surface area (Å²) in [5.74, 6) is -0.879. The molecule has 0 saturated carbocycles. The van der Waals surface area contributed by atoms with Crippen LogP contribution in [0.4, 0.5) is 0 Å². The van der Waals surface area contributed by atoms with E-state index in [0.717, 1.165) is 11.1 Å². The highest BCUT2D eigenvalue weighted by Gasteiger charge is 2.22. The molecule has 2 aromatic heterocycles. The van der Waals surface area contributed by atoms with Crippen molar-refractivity contribution in [1.29, 1.82) is 5.26 Å². The van der Waals surface area contributed by atoms with Crippen LogP contribution in [0.5, 0.6) is 0 Å². The summed E-state index contributed by atoms with van der Waals surface area (Å²) in [6, 6.07) is 23.0. The third kappa shape index (κ3) is 5.05. The van der Waals surface area contributed by atoms with E-state index in [1.54, 1.807) is 30.5 Å². The Labute approximate surface area is 196 Å². The number of rotatable bonds is 7. The molecule has 33 heavy (non-hydrogen) atoms. The van der Waals surface area contributed by atoms with Crippen LogP contribution in [0.2, 0.25) is 5.02 Å². The first-order valence-electron chi connectivity index (χ1n) is 10.3. The van der Waals surface area contributed by atoms with Gasteiger partial charge in [-0.25, -0.2) is 0 Å². The van der Waals surface area contributed by atoms with Crippen molar-refractivity contribution in [3.8, 4) is 6.07 Å². The van der Waals surface area contributed by atoms with E-state index in [0.29, 0.717) is 21.7 Å². The second kappa shape index (κ2) is 10.0. The van der Waals surface area contributed by atoms with E-state index >= 15 is 0 Å². The monoisotopic (exact) mass is 457 g/mol. The first-order chi connectivity index (χ1) is 16.1. The number of amides is 1. The lowest BCUT2D eigenvalue weighted by Gasteiger charge is -2.19. The molecule has 0 unspecified atom stereocenters. The molecule has 1 amide bonds. The van der Waals surface area contributed by atoms with Crippen LogP contribution < -0.4 is 5.32 Å². The van der Waals surface area contributed by atoms with Crippen molar-refractivity contribution in [2.45, 2.75) is 19.1 Å². The third-order valence-corrected chi connectivity index (χ3v) is 5.59. The van der Waals surface area contributed by atoms with E-state index in [-0.39, 0.29) is 18.9 Å². The Hall–Kier alpha value is -4.08. The fourth-order valence-electron chi connectivity index (χ4n) is 3.62. The highest BCUT2D eigenvalue weighted by atomic mass is 35.5. The Bertz CT molecular complexity index is 1340. The Kier molecular flexibility index (Phi) is 6.72. The number of halogens is 1. The molecule has 2 aromatic carbocycles.